The van der Waals surface area contributed by atoms with Gasteiger partial charge in [-0.05, 0) is 49.2 Å². The van der Waals surface area contributed by atoms with Crippen LogP contribution < -0.4 is 5.56 Å². The minimum Gasteiger partial charge on any atom is -0.310 e. The second kappa shape index (κ2) is 6.98. The highest BCUT2D eigenvalue weighted by molar-refractivity contribution is 6.30. The molecule has 0 saturated carbocycles. The van der Waals surface area contributed by atoms with Gasteiger partial charge in [-0.15, -0.1) is 0 Å². The van der Waals surface area contributed by atoms with Crippen molar-refractivity contribution in [1.82, 2.24) is 14.9 Å². The molecular formula is C20H20ClN3O. The zero-order chi connectivity index (χ0) is 17.2. The van der Waals surface area contributed by atoms with E-state index in [2.05, 4.69) is 27.0 Å². The Bertz CT molecular complexity index is 953. The third kappa shape index (κ3) is 3.46. The molecule has 0 aliphatic carbocycles. The summed E-state index contributed by atoms with van der Waals surface area (Å²) < 4.78 is 0. The first-order chi connectivity index (χ1) is 12.2. The van der Waals surface area contributed by atoms with Crippen molar-refractivity contribution in [3.63, 3.8) is 0 Å². The van der Waals surface area contributed by atoms with Crippen LogP contribution in [0.2, 0.25) is 5.02 Å². The van der Waals surface area contributed by atoms with Crippen LogP contribution in [0.3, 0.4) is 0 Å². The number of halogens is 1. The van der Waals surface area contributed by atoms with Crippen molar-refractivity contribution in [2.45, 2.75) is 25.3 Å². The predicted molar refractivity (Wildman–Crippen MR) is 101 cm³/mol. The number of para-hydroxylation sites is 1. The van der Waals surface area contributed by atoms with Crippen molar-refractivity contribution in [3.05, 3.63) is 75.3 Å². The quantitative estimate of drug-likeness (QED) is 0.772. The lowest BCUT2D eigenvalue weighted by atomic mass is 10.0. The molecule has 128 valence electrons. The van der Waals surface area contributed by atoms with E-state index >= 15 is 0 Å². The molecule has 0 spiro atoms. The molecule has 1 unspecified atom stereocenters. The van der Waals surface area contributed by atoms with Gasteiger partial charge in [-0.3, -0.25) is 9.69 Å². The SMILES string of the molecule is O=c1[nH]c(CCN2CCCC2c2cccc(Cl)c2)nc2ccccc12. The molecule has 1 aromatic heterocycles. The summed E-state index contributed by atoms with van der Waals surface area (Å²) in [6, 6.07) is 16.0. The second-order valence-electron chi connectivity index (χ2n) is 6.53. The van der Waals surface area contributed by atoms with Crippen LogP contribution in [0.25, 0.3) is 10.9 Å². The number of nitrogens with zero attached hydrogens (tertiary/aromatic N) is 2. The summed E-state index contributed by atoms with van der Waals surface area (Å²) in [4.78, 5) is 22.2. The van der Waals surface area contributed by atoms with Gasteiger partial charge in [0, 0.05) is 24.0 Å². The summed E-state index contributed by atoms with van der Waals surface area (Å²) in [5.74, 6) is 0.750. The average molecular weight is 354 g/mol. The molecule has 1 fully saturated rings. The third-order valence-electron chi connectivity index (χ3n) is 4.89. The van der Waals surface area contributed by atoms with Gasteiger partial charge in [-0.25, -0.2) is 4.98 Å². The first kappa shape index (κ1) is 16.3. The second-order valence-corrected chi connectivity index (χ2v) is 6.97. The summed E-state index contributed by atoms with van der Waals surface area (Å²) in [6.07, 6.45) is 3.05. The molecular weight excluding hydrogens is 334 g/mol. The summed E-state index contributed by atoms with van der Waals surface area (Å²) in [5, 5.41) is 1.43. The van der Waals surface area contributed by atoms with Crippen LogP contribution in [-0.2, 0) is 6.42 Å². The molecule has 4 rings (SSSR count). The summed E-state index contributed by atoms with van der Waals surface area (Å²) in [5.41, 5.74) is 1.97. The smallest absolute Gasteiger partial charge is 0.258 e. The van der Waals surface area contributed by atoms with Crippen molar-refractivity contribution < 1.29 is 0 Å². The van der Waals surface area contributed by atoms with Crippen LogP contribution in [0.1, 0.15) is 30.3 Å². The van der Waals surface area contributed by atoms with E-state index < -0.39 is 0 Å². The summed E-state index contributed by atoms with van der Waals surface area (Å²) in [6.45, 7) is 1.94. The van der Waals surface area contributed by atoms with E-state index in [0.29, 0.717) is 11.4 Å². The zero-order valence-electron chi connectivity index (χ0n) is 13.9. The minimum absolute atomic E-state index is 0.0617. The fourth-order valence-electron chi connectivity index (χ4n) is 3.69. The van der Waals surface area contributed by atoms with Gasteiger partial charge in [-0.1, -0.05) is 35.9 Å². The third-order valence-corrected chi connectivity index (χ3v) is 5.13. The van der Waals surface area contributed by atoms with Crippen molar-refractivity contribution in [3.8, 4) is 0 Å². The van der Waals surface area contributed by atoms with Gasteiger partial charge in [0.15, 0.2) is 0 Å². The average Bonchev–Trinajstić information content (AvgIpc) is 3.09. The molecule has 0 radical (unpaired) electrons. The molecule has 1 aliphatic heterocycles. The van der Waals surface area contributed by atoms with E-state index in [1.165, 1.54) is 12.0 Å². The Labute approximate surface area is 151 Å². The Morgan fingerprint density at radius 3 is 2.96 bits per heavy atom. The first-order valence-corrected chi connectivity index (χ1v) is 9.06. The number of nitrogens with one attached hydrogen (secondary N) is 1. The topological polar surface area (TPSA) is 49.0 Å². The molecule has 1 aliphatic rings. The van der Waals surface area contributed by atoms with Crippen molar-refractivity contribution in [2.24, 2.45) is 0 Å². The van der Waals surface area contributed by atoms with Gasteiger partial charge in [0.05, 0.1) is 10.9 Å². The van der Waals surface area contributed by atoms with Crippen LogP contribution in [0, 0.1) is 0 Å². The lowest BCUT2D eigenvalue weighted by Gasteiger charge is -2.24. The van der Waals surface area contributed by atoms with Gasteiger partial charge >= 0.3 is 0 Å². The monoisotopic (exact) mass is 353 g/mol. The number of aromatic nitrogens is 2. The van der Waals surface area contributed by atoms with Crippen LogP contribution in [0.5, 0.6) is 0 Å². The zero-order valence-corrected chi connectivity index (χ0v) is 14.7. The van der Waals surface area contributed by atoms with Crippen molar-refractivity contribution >= 4 is 22.5 Å². The number of aromatic amines is 1. The molecule has 3 aromatic rings. The molecule has 0 bridgehead atoms. The van der Waals surface area contributed by atoms with Crippen LogP contribution in [0.4, 0.5) is 0 Å². The van der Waals surface area contributed by atoms with E-state index in [4.69, 9.17) is 11.6 Å². The molecule has 2 aromatic carbocycles. The number of H-pyrrole nitrogens is 1. The van der Waals surface area contributed by atoms with E-state index in [1.54, 1.807) is 6.07 Å². The molecule has 4 nitrogen and oxygen atoms in total. The molecule has 2 heterocycles. The highest BCUT2D eigenvalue weighted by atomic mass is 35.5. The number of likely N-dealkylation sites (tertiary alicyclic amines) is 1. The van der Waals surface area contributed by atoms with E-state index in [9.17, 15) is 4.79 Å². The van der Waals surface area contributed by atoms with Crippen LogP contribution in [0.15, 0.2) is 53.3 Å². The number of benzene rings is 2. The minimum atomic E-state index is -0.0617. The van der Waals surface area contributed by atoms with Gasteiger partial charge in [-0.2, -0.15) is 0 Å². The van der Waals surface area contributed by atoms with Crippen LogP contribution >= 0.6 is 11.6 Å². The maximum Gasteiger partial charge on any atom is 0.258 e. The van der Waals surface area contributed by atoms with Gasteiger partial charge < -0.3 is 4.98 Å². The Morgan fingerprint density at radius 2 is 2.08 bits per heavy atom. The fraction of sp³-hybridized carbons (Fsp3) is 0.300. The normalized spacial score (nSPS) is 18.0. The molecule has 1 N–H and O–H groups in total. The number of fused-ring (bicyclic) bond motifs is 1. The number of rotatable bonds is 4. The Morgan fingerprint density at radius 1 is 1.20 bits per heavy atom. The lowest BCUT2D eigenvalue weighted by Crippen LogP contribution is -2.27. The largest absolute Gasteiger partial charge is 0.310 e. The Kier molecular flexibility index (Phi) is 4.55. The maximum absolute atomic E-state index is 12.2. The van der Waals surface area contributed by atoms with Crippen molar-refractivity contribution in [1.29, 1.82) is 0 Å². The molecule has 1 saturated heterocycles. The van der Waals surface area contributed by atoms with Gasteiger partial charge in [0.2, 0.25) is 0 Å². The summed E-state index contributed by atoms with van der Waals surface area (Å²) in [7, 11) is 0. The highest BCUT2D eigenvalue weighted by Gasteiger charge is 2.25. The Balaban J connectivity index is 1.51. The lowest BCUT2D eigenvalue weighted by molar-refractivity contribution is 0.259. The molecule has 5 heteroatoms. The molecule has 25 heavy (non-hydrogen) atoms. The Hall–Kier alpha value is -2.17. The molecule has 1 atom stereocenters. The number of hydrogen-bond acceptors (Lipinski definition) is 3. The standard InChI is InChI=1S/C20H20ClN3O/c21-15-6-3-5-14(13-15)18-9-4-11-24(18)12-10-19-22-17-8-2-1-7-16(17)20(25)23-19/h1-3,5-8,13,18H,4,9-12H2,(H,22,23,25). The van der Waals surface area contributed by atoms with E-state index in [0.717, 1.165) is 42.3 Å². The highest BCUT2D eigenvalue weighted by Crippen LogP contribution is 2.32. The maximum atomic E-state index is 12.2. The van der Waals surface area contributed by atoms with Gasteiger partial charge in [0.1, 0.15) is 5.82 Å². The predicted octanol–water partition coefficient (Wildman–Crippen LogP) is 3.96. The fourth-order valence-corrected chi connectivity index (χ4v) is 3.89. The van der Waals surface area contributed by atoms with E-state index in [-0.39, 0.29) is 5.56 Å². The molecule has 0 amide bonds. The summed E-state index contributed by atoms with van der Waals surface area (Å²) >= 11 is 6.15. The van der Waals surface area contributed by atoms with Gasteiger partial charge in [0.25, 0.3) is 5.56 Å². The van der Waals surface area contributed by atoms with Crippen LogP contribution in [-0.4, -0.2) is 28.0 Å². The first-order valence-electron chi connectivity index (χ1n) is 8.68. The van der Waals surface area contributed by atoms with E-state index in [1.807, 2.05) is 30.3 Å². The van der Waals surface area contributed by atoms with Crippen molar-refractivity contribution in [2.75, 3.05) is 13.1 Å². The number of hydrogen-bond donors (Lipinski definition) is 1.